The Hall–Kier alpha value is -0.550. The standard InChI is InChI=1S/C12H19NO2S2/c1-8(5-10(14)15)16-6-9-7-17-11(13-9)12(2,3)4/h7-8H,5-6H2,1-4H3,(H,14,15). The average molecular weight is 273 g/mol. The van der Waals surface area contributed by atoms with Crippen molar-refractivity contribution in [1.29, 1.82) is 0 Å². The van der Waals surface area contributed by atoms with Crippen LogP contribution in [-0.4, -0.2) is 21.3 Å². The van der Waals surface area contributed by atoms with Crippen LogP contribution in [-0.2, 0) is 16.0 Å². The number of thiazole rings is 1. The molecule has 0 aliphatic carbocycles. The number of aliphatic carboxylic acids is 1. The second kappa shape index (κ2) is 5.87. The van der Waals surface area contributed by atoms with Crippen molar-refractivity contribution < 1.29 is 9.90 Å². The zero-order chi connectivity index (χ0) is 13.1. The number of carboxylic acids is 1. The summed E-state index contributed by atoms with van der Waals surface area (Å²) in [7, 11) is 0. The molecule has 1 aromatic rings. The van der Waals surface area contributed by atoms with Gasteiger partial charge in [-0.15, -0.1) is 11.3 Å². The maximum absolute atomic E-state index is 10.5. The second-order valence-electron chi connectivity index (χ2n) is 5.11. The van der Waals surface area contributed by atoms with E-state index in [1.165, 1.54) is 0 Å². The molecule has 0 aliphatic heterocycles. The first-order valence-electron chi connectivity index (χ1n) is 5.57. The average Bonchev–Trinajstić information content (AvgIpc) is 2.61. The Morgan fingerprint density at radius 2 is 2.24 bits per heavy atom. The topological polar surface area (TPSA) is 50.2 Å². The Balaban J connectivity index is 2.48. The Bertz CT molecular complexity index is 382. The fourth-order valence-electron chi connectivity index (χ4n) is 1.25. The van der Waals surface area contributed by atoms with E-state index >= 15 is 0 Å². The monoisotopic (exact) mass is 273 g/mol. The lowest BCUT2D eigenvalue weighted by Gasteiger charge is -2.13. The zero-order valence-electron chi connectivity index (χ0n) is 10.7. The third kappa shape index (κ3) is 5.08. The summed E-state index contributed by atoms with van der Waals surface area (Å²) in [5, 5.41) is 12.0. The third-order valence-corrected chi connectivity index (χ3v) is 4.69. The first-order valence-corrected chi connectivity index (χ1v) is 7.50. The summed E-state index contributed by atoms with van der Waals surface area (Å²) >= 11 is 3.33. The molecule has 0 spiro atoms. The minimum atomic E-state index is -0.737. The number of thioether (sulfide) groups is 1. The van der Waals surface area contributed by atoms with E-state index in [4.69, 9.17) is 5.11 Å². The molecular weight excluding hydrogens is 254 g/mol. The molecule has 1 rings (SSSR count). The van der Waals surface area contributed by atoms with E-state index in [1.54, 1.807) is 23.1 Å². The van der Waals surface area contributed by atoms with Crippen molar-refractivity contribution in [2.75, 3.05) is 0 Å². The molecule has 1 N–H and O–H groups in total. The van der Waals surface area contributed by atoms with E-state index < -0.39 is 5.97 Å². The number of nitrogens with zero attached hydrogens (tertiary/aromatic N) is 1. The molecule has 17 heavy (non-hydrogen) atoms. The van der Waals surface area contributed by atoms with Gasteiger partial charge in [-0.2, -0.15) is 11.8 Å². The molecule has 96 valence electrons. The number of rotatable bonds is 5. The summed E-state index contributed by atoms with van der Waals surface area (Å²) in [6.07, 6.45) is 0.209. The molecule has 5 heteroatoms. The summed E-state index contributed by atoms with van der Waals surface area (Å²) in [6.45, 7) is 8.39. The van der Waals surface area contributed by atoms with Gasteiger partial charge < -0.3 is 5.11 Å². The first-order chi connectivity index (χ1) is 7.79. The van der Waals surface area contributed by atoms with Crippen molar-refractivity contribution in [2.24, 2.45) is 0 Å². The molecule has 1 atom stereocenters. The van der Waals surface area contributed by atoms with E-state index in [2.05, 4.69) is 31.1 Å². The van der Waals surface area contributed by atoms with Crippen LogP contribution in [0.25, 0.3) is 0 Å². The SMILES string of the molecule is CC(CC(=O)O)SCc1csc(C(C)(C)C)n1. The normalized spacial score (nSPS) is 13.6. The quantitative estimate of drug-likeness (QED) is 0.891. The summed E-state index contributed by atoms with van der Waals surface area (Å²) in [6, 6.07) is 0. The summed E-state index contributed by atoms with van der Waals surface area (Å²) in [4.78, 5) is 15.1. The van der Waals surface area contributed by atoms with Gasteiger partial charge in [0.2, 0.25) is 0 Å². The summed E-state index contributed by atoms with van der Waals surface area (Å²) in [5.41, 5.74) is 1.16. The minimum Gasteiger partial charge on any atom is -0.481 e. The van der Waals surface area contributed by atoms with E-state index in [0.29, 0.717) is 0 Å². The van der Waals surface area contributed by atoms with Crippen molar-refractivity contribution in [3.8, 4) is 0 Å². The summed E-state index contributed by atoms with van der Waals surface area (Å²) in [5.74, 6) is 0.0553. The molecule has 1 aromatic heterocycles. The highest BCUT2D eigenvalue weighted by molar-refractivity contribution is 7.99. The van der Waals surface area contributed by atoms with E-state index in [-0.39, 0.29) is 17.1 Å². The molecule has 0 fully saturated rings. The van der Waals surface area contributed by atoms with Crippen LogP contribution in [0.1, 0.15) is 44.8 Å². The van der Waals surface area contributed by atoms with Crippen LogP contribution in [0.15, 0.2) is 5.38 Å². The van der Waals surface area contributed by atoms with Gasteiger partial charge in [-0.05, 0) is 0 Å². The Kier molecular flexibility index (Phi) is 5.01. The van der Waals surface area contributed by atoms with Gasteiger partial charge in [0, 0.05) is 21.8 Å². The van der Waals surface area contributed by atoms with Crippen molar-refractivity contribution in [2.45, 2.75) is 50.5 Å². The van der Waals surface area contributed by atoms with Crippen LogP contribution in [0.3, 0.4) is 0 Å². The van der Waals surface area contributed by atoms with Crippen LogP contribution in [0.5, 0.6) is 0 Å². The number of hydrogen-bond acceptors (Lipinski definition) is 4. The highest BCUT2D eigenvalue weighted by Gasteiger charge is 2.18. The van der Waals surface area contributed by atoms with Crippen LogP contribution >= 0.6 is 23.1 Å². The highest BCUT2D eigenvalue weighted by Crippen LogP contribution is 2.28. The third-order valence-electron chi connectivity index (χ3n) is 2.17. The lowest BCUT2D eigenvalue weighted by atomic mass is 9.98. The van der Waals surface area contributed by atoms with Crippen molar-refractivity contribution >= 4 is 29.1 Å². The molecule has 0 saturated carbocycles. The van der Waals surface area contributed by atoms with Crippen molar-refractivity contribution in [3.05, 3.63) is 16.1 Å². The van der Waals surface area contributed by atoms with Gasteiger partial charge in [-0.3, -0.25) is 4.79 Å². The maximum atomic E-state index is 10.5. The largest absolute Gasteiger partial charge is 0.481 e. The first kappa shape index (κ1) is 14.5. The maximum Gasteiger partial charge on any atom is 0.304 e. The van der Waals surface area contributed by atoms with Crippen molar-refractivity contribution in [1.82, 2.24) is 4.98 Å². The fraction of sp³-hybridized carbons (Fsp3) is 0.667. The Labute approximate surface area is 111 Å². The molecule has 0 amide bonds. The van der Waals surface area contributed by atoms with Crippen LogP contribution in [0, 0.1) is 0 Å². The van der Waals surface area contributed by atoms with Gasteiger partial charge in [0.15, 0.2) is 0 Å². The lowest BCUT2D eigenvalue weighted by Crippen LogP contribution is -2.10. The number of hydrogen-bond donors (Lipinski definition) is 1. The molecule has 3 nitrogen and oxygen atoms in total. The zero-order valence-corrected chi connectivity index (χ0v) is 12.3. The number of aromatic nitrogens is 1. The molecular formula is C12H19NO2S2. The Morgan fingerprint density at radius 3 is 2.71 bits per heavy atom. The smallest absolute Gasteiger partial charge is 0.304 e. The minimum absolute atomic E-state index is 0.0975. The van der Waals surface area contributed by atoms with Gasteiger partial charge >= 0.3 is 5.97 Å². The predicted octanol–water partition coefficient (Wildman–Crippen LogP) is 3.54. The number of carbonyl (C=O) groups is 1. The second-order valence-corrected chi connectivity index (χ2v) is 7.40. The van der Waals surface area contributed by atoms with Gasteiger partial charge in [0.05, 0.1) is 17.1 Å². The molecule has 0 saturated heterocycles. The van der Waals surface area contributed by atoms with E-state index in [1.807, 2.05) is 6.92 Å². The molecule has 1 heterocycles. The van der Waals surface area contributed by atoms with E-state index in [0.717, 1.165) is 16.5 Å². The molecule has 0 radical (unpaired) electrons. The van der Waals surface area contributed by atoms with E-state index in [9.17, 15) is 4.79 Å². The molecule has 0 bridgehead atoms. The Morgan fingerprint density at radius 1 is 1.59 bits per heavy atom. The lowest BCUT2D eigenvalue weighted by molar-refractivity contribution is -0.136. The van der Waals surface area contributed by atoms with Gasteiger partial charge in [0.25, 0.3) is 0 Å². The molecule has 1 unspecified atom stereocenters. The number of carboxylic acid groups (broad SMARTS) is 1. The van der Waals surface area contributed by atoms with Crippen molar-refractivity contribution in [3.63, 3.8) is 0 Å². The molecule has 0 aromatic carbocycles. The predicted molar refractivity (Wildman–Crippen MR) is 73.8 cm³/mol. The van der Waals surface area contributed by atoms with Crippen LogP contribution in [0.2, 0.25) is 0 Å². The van der Waals surface area contributed by atoms with Gasteiger partial charge in [0.1, 0.15) is 0 Å². The molecule has 0 aliphatic rings. The fourth-order valence-corrected chi connectivity index (χ4v) is 3.13. The van der Waals surface area contributed by atoms with Gasteiger partial charge in [-0.25, -0.2) is 4.98 Å². The highest BCUT2D eigenvalue weighted by atomic mass is 32.2. The van der Waals surface area contributed by atoms with Crippen LogP contribution in [0.4, 0.5) is 0 Å². The summed E-state index contributed by atoms with van der Waals surface area (Å²) < 4.78 is 0. The van der Waals surface area contributed by atoms with Gasteiger partial charge in [-0.1, -0.05) is 27.7 Å². The van der Waals surface area contributed by atoms with Crippen LogP contribution < -0.4 is 0 Å².